The fourth-order valence-electron chi connectivity index (χ4n) is 3.96. The summed E-state index contributed by atoms with van der Waals surface area (Å²) < 4.78 is 4.95. The standard InChI is InChI=1S/C23H34N2O3/c1-5-6-7-8-13-22(25(26)27)20(15-14-18-16-17-28-24-18)19-11-9-10-12-21(19)23(2,3)4/h9-12,16-17,20,22H,5-8,13-15H2,1-4H3. The third kappa shape index (κ3) is 6.18. The van der Waals surface area contributed by atoms with Crippen molar-refractivity contribution >= 4 is 0 Å². The highest BCUT2D eigenvalue weighted by molar-refractivity contribution is 5.36. The molecule has 0 saturated carbocycles. The Morgan fingerprint density at radius 1 is 1.11 bits per heavy atom. The number of nitrogens with zero attached hydrogens (tertiary/aromatic N) is 2. The Morgan fingerprint density at radius 3 is 2.46 bits per heavy atom. The van der Waals surface area contributed by atoms with Gasteiger partial charge in [0.25, 0.3) is 0 Å². The van der Waals surface area contributed by atoms with Gasteiger partial charge >= 0.3 is 0 Å². The molecule has 0 bridgehead atoms. The lowest BCUT2D eigenvalue weighted by Gasteiger charge is -2.29. The van der Waals surface area contributed by atoms with Crippen molar-refractivity contribution in [2.45, 2.75) is 90.0 Å². The number of nitro groups is 1. The number of hydrogen-bond acceptors (Lipinski definition) is 4. The molecule has 0 radical (unpaired) electrons. The molecule has 1 aromatic heterocycles. The first-order valence-corrected chi connectivity index (χ1v) is 10.5. The van der Waals surface area contributed by atoms with Crippen molar-refractivity contribution in [3.05, 3.63) is 63.5 Å². The lowest BCUT2D eigenvalue weighted by Crippen LogP contribution is -2.30. The summed E-state index contributed by atoms with van der Waals surface area (Å²) in [5.74, 6) is -0.135. The molecular weight excluding hydrogens is 352 g/mol. The van der Waals surface area contributed by atoms with Crippen LogP contribution in [0.5, 0.6) is 0 Å². The zero-order valence-corrected chi connectivity index (χ0v) is 17.7. The Hall–Kier alpha value is -2.17. The Morgan fingerprint density at radius 2 is 1.86 bits per heavy atom. The van der Waals surface area contributed by atoms with Gasteiger partial charge < -0.3 is 4.52 Å². The Bertz CT molecular complexity index is 720. The number of benzene rings is 1. The summed E-state index contributed by atoms with van der Waals surface area (Å²) in [5, 5.41) is 16.1. The maximum absolute atomic E-state index is 12.1. The van der Waals surface area contributed by atoms with Gasteiger partial charge in [0, 0.05) is 17.4 Å². The molecule has 0 aliphatic heterocycles. The predicted octanol–water partition coefficient (Wildman–Crippen LogP) is 6.30. The van der Waals surface area contributed by atoms with Gasteiger partial charge in [0.2, 0.25) is 6.04 Å². The van der Waals surface area contributed by atoms with Gasteiger partial charge in [-0.05, 0) is 35.8 Å². The van der Waals surface area contributed by atoms with E-state index in [9.17, 15) is 10.1 Å². The molecule has 154 valence electrons. The molecule has 0 spiro atoms. The number of unbranched alkanes of at least 4 members (excludes halogenated alkanes) is 3. The number of rotatable bonds is 11. The Labute approximate surface area is 168 Å². The average Bonchev–Trinajstić information content (AvgIpc) is 3.16. The van der Waals surface area contributed by atoms with Gasteiger partial charge in [0.05, 0.1) is 11.6 Å². The molecule has 1 heterocycles. The summed E-state index contributed by atoms with van der Waals surface area (Å²) in [5.41, 5.74) is 3.09. The van der Waals surface area contributed by atoms with Gasteiger partial charge in [-0.15, -0.1) is 0 Å². The summed E-state index contributed by atoms with van der Waals surface area (Å²) in [4.78, 5) is 12.0. The molecule has 0 fully saturated rings. The molecule has 2 unspecified atom stereocenters. The molecule has 2 aromatic rings. The molecule has 0 N–H and O–H groups in total. The minimum atomic E-state index is -0.577. The number of aromatic nitrogens is 1. The topological polar surface area (TPSA) is 69.2 Å². The second kappa shape index (κ2) is 10.4. The van der Waals surface area contributed by atoms with Crippen LogP contribution in [0.25, 0.3) is 0 Å². The van der Waals surface area contributed by atoms with Gasteiger partial charge in [-0.1, -0.05) is 76.4 Å². The molecule has 5 nitrogen and oxygen atoms in total. The van der Waals surface area contributed by atoms with E-state index in [0.717, 1.165) is 36.9 Å². The Balaban J connectivity index is 2.33. The van der Waals surface area contributed by atoms with Crippen molar-refractivity contribution in [2.24, 2.45) is 0 Å². The molecule has 0 aliphatic rings. The molecule has 2 rings (SSSR count). The minimum Gasteiger partial charge on any atom is -0.365 e. The molecule has 28 heavy (non-hydrogen) atoms. The van der Waals surface area contributed by atoms with Crippen LogP contribution in [0.3, 0.4) is 0 Å². The van der Waals surface area contributed by atoms with Crippen LogP contribution in [0.1, 0.15) is 89.0 Å². The third-order valence-electron chi connectivity index (χ3n) is 5.46. The van der Waals surface area contributed by atoms with Crippen LogP contribution in [-0.4, -0.2) is 16.1 Å². The van der Waals surface area contributed by atoms with Crippen molar-refractivity contribution in [1.29, 1.82) is 0 Å². The second-order valence-electron chi connectivity index (χ2n) is 8.68. The second-order valence-corrected chi connectivity index (χ2v) is 8.68. The van der Waals surface area contributed by atoms with E-state index in [4.69, 9.17) is 4.52 Å². The largest absolute Gasteiger partial charge is 0.365 e. The van der Waals surface area contributed by atoms with Crippen LogP contribution in [-0.2, 0) is 11.8 Å². The fraction of sp³-hybridized carbons (Fsp3) is 0.609. The van der Waals surface area contributed by atoms with Gasteiger partial charge in [0.15, 0.2) is 0 Å². The van der Waals surface area contributed by atoms with Gasteiger partial charge in [-0.2, -0.15) is 0 Å². The summed E-state index contributed by atoms with van der Waals surface area (Å²) in [6, 6.07) is 9.49. The van der Waals surface area contributed by atoms with Crippen molar-refractivity contribution in [3.63, 3.8) is 0 Å². The van der Waals surface area contributed by atoms with E-state index in [1.54, 1.807) is 6.26 Å². The fourth-order valence-corrected chi connectivity index (χ4v) is 3.96. The van der Waals surface area contributed by atoms with Crippen LogP contribution < -0.4 is 0 Å². The molecule has 2 atom stereocenters. The third-order valence-corrected chi connectivity index (χ3v) is 5.46. The predicted molar refractivity (Wildman–Crippen MR) is 112 cm³/mol. The smallest absolute Gasteiger partial charge is 0.219 e. The van der Waals surface area contributed by atoms with E-state index >= 15 is 0 Å². The van der Waals surface area contributed by atoms with E-state index in [1.165, 1.54) is 5.56 Å². The van der Waals surface area contributed by atoms with E-state index in [2.05, 4.69) is 45.0 Å². The average molecular weight is 387 g/mol. The SMILES string of the molecule is CCCCCCC(C(CCc1ccon1)c1ccccc1C(C)(C)C)[N+](=O)[O-]. The molecule has 0 amide bonds. The highest BCUT2D eigenvalue weighted by Crippen LogP contribution is 2.36. The number of hydrogen-bond donors (Lipinski definition) is 0. The van der Waals surface area contributed by atoms with Crippen LogP contribution in [0.15, 0.2) is 41.1 Å². The van der Waals surface area contributed by atoms with E-state index < -0.39 is 6.04 Å². The maximum atomic E-state index is 12.1. The first-order valence-electron chi connectivity index (χ1n) is 10.5. The molecule has 0 saturated heterocycles. The lowest BCUT2D eigenvalue weighted by molar-refractivity contribution is -0.528. The van der Waals surface area contributed by atoms with Crippen LogP contribution >= 0.6 is 0 Å². The molecule has 1 aromatic carbocycles. The van der Waals surface area contributed by atoms with E-state index in [1.807, 2.05) is 18.2 Å². The van der Waals surface area contributed by atoms with Crippen LogP contribution in [0, 0.1) is 10.1 Å². The van der Waals surface area contributed by atoms with Gasteiger partial charge in [-0.25, -0.2) is 0 Å². The minimum absolute atomic E-state index is 0.0567. The highest BCUT2D eigenvalue weighted by atomic mass is 16.6. The molecule has 5 heteroatoms. The van der Waals surface area contributed by atoms with Gasteiger partial charge in [0.1, 0.15) is 6.26 Å². The maximum Gasteiger partial charge on any atom is 0.219 e. The summed E-state index contributed by atoms with van der Waals surface area (Å²) in [7, 11) is 0. The normalized spacial score (nSPS) is 14.0. The van der Waals surface area contributed by atoms with E-state index in [0.29, 0.717) is 19.3 Å². The summed E-state index contributed by atoms with van der Waals surface area (Å²) >= 11 is 0. The summed E-state index contributed by atoms with van der Waals surface area (Å²) in [6.45, 7) is 8.67. The Kier molecular flexibility index (Phi) is 8.21. The first kappa shape index (κ1) is 22.1. The highest BCUT2D eigenvalue weighted by Gasteiger charge is 2.35. The van der Waals surface area contributed by atoms with Crippen molar-refractivity contribution in [2.75, 3.05) is 0 Å². The zero-order valence-electron chi connectivity index (χ0n) is 17.7. The van der Waals surface area contributed by atoms with Crippen LogP contribution in [0.2, 0.25) is 0 Å². The van der Waals surface area contributed by atoms with Crippen molar-refractivity contribution < 1.29 is 9.45 Å². The lowest BCUT2D eigenvalue weighted by atomic mass is 9.76. The van der Waals surface area contributed by atoms with Crippen molar-refractivity contribution in [1.82, 2.24) is 5.16 Å². The molecular formula is C23H34N2O3. The van der Waals surface area contributed by atoms with Gasteiger partial charge in [-0.3, -0.25) is 10.1 Å². The molecule has 0 aliphatic carbocycles. The van der Waals surface area contributed by atoms with E-state index in [-0.39, 0.29) is 16.3 Å². The first-order chi connectivity index (χ1) is 13.3. The number of aryl methyl sites for hydroxylation is 1. The monoisotopic (exact) mass is 386 g/mol. The summed E-state index contributed by atoms with van der Waals surface area (Å²) in [6.07, 6.45) is 7.77. The van der Waals surface area contributed by atoms with Crippen LogP contribution in [0.4, 0.5) is 0 Å². The zero-order chi connectivity index (χ0) is 20.6. The van der Waals surface area contributed by atoms with Crippen molar-refractivity contribution in [3.8, 4) is 0 Å². The quantitative estimate of drug-likeness (QED) is 0.258.